The SMILES string of the molecule is COc1cc(C(=O)N2CCC[C@@H]2c2nc(C)cs2)cc(-c2nnc([C@@](C)(Cc3ccccc3)NC(=O)OC(C)(C)C)o2)n1. The summed E-state index contributed by atoms with van der Waals surface area (Å²) in [6.07, 6.45) is 1.48. The number of ether oxygens (including phenoxy) is 2. The van der Waals surface area contributed by atoms with Crippen molar-refractivity contribution in [2.75, 3.05) is 13.7 Å². The van der Waals surface area contributed by atoms with Gasteiger partial charge < -0.3 is 24.1 Å². The Morgan fingerprint density at radius 2 is 1.88 bits per heavy atom. The lowest BCUT2D eigenvalue weighted by Gasteiger charge is -2.29. The third-order valence-electron chi connectivity index (χ3n) is 6.99. The van der Waals surface area contributed by atoms with E-state index in [-0.39, 0.29) is 35.3 Å². The molecule has 1 aromatic carbocycles. The molecule has 0 bridgehead atoms. The van der Waals surface area contributed by atoms with Gasteiger partial charge in [-0.15, -0.1) is 21.5 Å². The first-order valence-corrected chi connectivity index (χ1v) is 15.0. The number of rotatable bonds is 8. The first-order chi connectivity index (χ1) is 20.4. The molecule has 226 valence electrons. The molecule has 1 aliphatic rings. The van der Waals surface area contributed by atoms with E-state index in [4.69, 9.17) is 13.9 Å². The summed E-state index contributed by atoms with van der Waals surface area (Å²) in [4.78, 5) is 37.6. The van der Waals surface area contributed by atoms with Gasteiger partial charge in [-0.3, -0.25) is 4.79 Å². The predicted octanol–water partition coefficient (Wildman–Crippen LogP) is 5.87. The Hall–Kier alpha value is -4.32. The highest BCUT2D eigenvalue weighted by Crippen LogP contribution is 2.36. The summed E-state index contributed by atoms with van der Waals surface area (Å²) in [6.45, 7) is 9.75. The lowest BCUT2D eigenvalue weighted by atomic mass is 9.92. The molecule has 0 radical (unpaired) electrons. The molecule has 1 saturated heterocycles. The number of amides is 2. The van der Waals surface area contributed by atoms with Crippen LogP contribution in [-0.2, 0) is 16.7 Å². The second kappa shape index (κ2) is 12.1. The van der Waals surface area contributed by atoms with Gasteiger partial charge in [-0.2, -0.15) is 0 Å². The minimum atomic E-state index is -1.11. The highest BCUT2D eigenvalue weighted by Gasteiger charge is 2.37. The molecule has 0 spiro atoms. The number of hydrogen-bond donors (Lipinski definition) is 1. The number of hydrogen-bond acceptors (Lipinski definition) is 10. The lowest BCUT2D eigenvalue weighted by molar-refractivity contribution is 0.0443. The Kier molecular flexibility index (Phi) is 8.50. The summed E-state index contributed by atoms with van der Waals surface area (Å²) in [6, 6.07) is 12.8. The van der Waals surface area contributed by atoms with E-state index in [1.54, 1.807) is 51.2 Å². The van der Waals surface area contributed by atoms with Crippen molar-refractivity contribution in [2.24, 2.45) is 0 Å². The van der Waals surface area contributed by atoms with Gasteiger partial charge in [-0.1, -0.05) is 30.3 Å². The van der Waals surface area contributed by atoms with E-state index < -0.39 is 17.2 Å². The van der Waals surface area contributed by atoms with E-state index in [0.717, 1.165) is 29.1 Å². The number of aromatic nitrogens is 4. The van der Waals surface area contributed by atoms with Crippen LogP contribution in [0.3, 0.4) is 0 Å². The number of carbonyl (C=O) groups is 2. The van der Waals surface area contributed by atoms with Crippen molar-refractivity contribution in [3.05, 3.63) is 75.6 Å². The molecule has 0 unspecified atom stereocenters. The number of pyridine rings is 1. The quantitative estimate of drug-likeness (QED) is 0.262. The molecule has 1 aliphatic heterocycles. The predicted molar refractivity (Wildman–Crippen MR) is 161 cm³/mol. The monoisotopic (exact) mass is 604 g/mol. The van der Waals surface area contributed by atoms with E-state index in [9.17, 15) is 9.59 Å². The van der Waals surface area contributed by atoms with Gasteiger partial charge in [0, 0.05) is 35.7 Å². The van der Waals surface area contributed by atoms with Crippen LogP contribution in [0.1, 0.15) is 79.1 Å². The zero-order valence-electron chi connectivity index (χ0n) is 25.2. The summed E-state index contributed by atoms with van der Waals surface area (Å²) >= 11 is 1.57. The van der Waals surface area contributed by atoms with Gasteiger partial charge in [0.15, 0.2) is 0 Å². The fourth-order valence-corrected chi connectivity index (χ4v) is 6.00. The van der Waals surface area contributed by atoms with Crippen LogP contribution in [0, 0.1) is 6.92 Å². The molecule has 4 heterocycles. The van der Waals surface area contributed by atoms with Crippen molar-refractivity contribution in [1.29, 1.82) is 0 Å². The molecule has 12 heteroatoms. The van der Waals surface area contributed by atoms with E-state index in [2.05, 4.69) is 25.5 Å². The van der Waals surface area contributed by atoms with Crippen LogP contribution >= 0.6 is 11.3 Å². The molecule has 3 aromatic heterocycles. The van der Waals surface area contributed by atoms with E-state index in [1.165, 1.54) is 7.11 Å². The first kappa shape index (κ1) is 30.1. The van der Waals surface area contributed by atoms with E-state index >= 15 is 0 Å². The molecule has 1 N–H and O–H groups in total. The summed E-state index contributed by atoms with van der Waals surface area (Å²) in [5.41, 5.74) is 0.754. The van der Waals surface area contributed by atoms with Gasteiger partial charge in [-0.25, -0.2) is 14.8 Å². The Balaban J connectivity index is 1.46. The van der Waals surface area contributed by atoms with Gasteiger partial charge in [0.1, 0.15) is 21.8 Å². The third-order valence-corrected chi connectivity index (χ3v) is 8.05. The van der Waals surface area contributed by atoms with Gasteiger partial charge in [0.05, 0.1) is 13.2 Å². The van der Waals surface area contributed by atoms with Gasteiger partial charge in [-0.05, 0) is 59.1 Å². The minimum Gasteiger partial charge on any atom is -0.481 e. The Morgan fingerprint density at radius 1 is 1.12 bits per heavy atom. The van der Waals surface area contributed by atoms with Crippen molar-refractivity contribution >= 4 is 23.3 Å². The van der Waals surface area contributed by atoms with Crippen molar-refractivity contribution in [3.8, 4) is 17.5 Å². The van der Waals surface area contributed by atoms with Crippen molar-refractivity contribution in [2.45, 2.75) is 71.1 Å². The largest absolute Gasteiger partial charge is 0.481 e. The van der Waals surface area contributed by atoms with E-state index in [0.29, 0.717) is 18.5 Å². The number of alkyl carbamates (subject to hydrolysis) is 1. The number of thiazole rings is 1. The Labute approximate surface area is 254 Å². The van der Waals surface area contributed by atoms with Crippen molar-refractivity contribution in [3.63, 3.8) is 0 Å². The topological polar surface area (TPSA) is 133 Å². The molecule has 2 amide bonds. The lowest BCUT2D eigenvalue weighted by Crippen LogP contribution is -2.47. The molecule has 0 aliphatic carbocycles. The number of aryl methyl sites for hydroxylation is 1. The number of benzene rings is 1. The zero-order chi connectivity index (χ0) is 30.8. The van der Waals surface area contributed by atoms with Gasteiger partial charge >= 0.3 is 6.09 Å². The van der Waals surface area contributed by atoms with Gasteiger partial charge in [0.25, 0.3) is 11.8 Å². The molecule has 11 nitrogen and oxygen atoms in total. The summed E-state index contributed by atoms with van der Waals surface area (Å²) in [5, 5.41) is 14.4. The molecular weight excluding hydrogens is 568 g/mol. The van der Waals surface area contributed by atoms with Crippen LogP contribution < -0.4 is 10.1 Å². The maximum atomic E-state index is 13.8. The summed E-state index contributed by atoms with van der Waals surface area (Å²) in [5.74, 6) is 0.327. The highest BCUT2D eigenvalue weighted by molar-refractivity contribution is 7.09. The highest BCUT2D eigenvalue weighted by atomic mass is 32.1. The molecule has 43 heavy (non-hydrogen) atoms. The summed E-state index contributed by atoms with van der Waals surface area (Å²) in [7, 11) is 1.48. The fraction of sp³-hybridized carbons (Fsp3) is 0.419. The van der Waals surface area contributed by atoms with Crippen LogP contribution in [0.2, 0.25) is 0 Å². The van der Waals surface area contributed by atoms with Crippen molar-refractivity contribution in [1.82, 2.24) is 30.4 Å². The molecule has 4 aromatic rings. The molecule has 2 atom stereocenters. The summed E-state index contributed by atoms with van der Waals surface area (Å²) < 4.78 is 17.1. The number of carbonyl (C=O) groups excluding carboxylic acids is 2. The van der Waals surface area contributed by atoms with Crippen LogP contribution in [0.15, 0.2) is 52.3 Å². The second-order valence-electron chi connectivity index (χ2n) is 11.8. The van der Waals surface area contributed by atoms with E-state index in [1.807, 2.05) is 47.5 Å². The van der Waals surface area contributed by atoms with Crippen LogP contribution in [0.5, 0.6) is 5.88 Å². The average molecular weight is 605 g/mol. The number of methoxy groups -OCH3 is 1. The second-order valence-corrected chi connectivity index (χ2v) is 12.7. The maximum absolute atomic E-state index is 13.8. The number of likely N-dealkylation sites (tertiary alicyclic amines) is 1. The first-order valence-electron chi connectivity index (χ1n) is 14.1. The van der Waals surface area contributed by atoms with Crippen LogP contribution in [0.25, 0.3) is 11.6 Å². The molecular formula is C31H36N6O5S. The average Bonchev–Trinajstić information content (AvgIpc) is 3.72. The normalized spacial score (nSPS) is 16.5. The Bertz CT molecular complexity index is 1600. The smallest absolute Gasteiger partial charge is 0.408 e. The third kappa shape index (κ3) is 7.02. The van der Waals surface area contributed by atoms with Crippen LogP contribution in [-0.4, -0.2) is 56.3 Å². The fourth-order valence-electron chi connectivity index (χ4n) is 5.06. The van der Waals surface area contributed by atoms with Crippen molar-refractivity contribution < 1.29 is 23.5 Å². The molecule has 0 saturated carbocycles. The van der Waals surface area contributed by atoms with Gasteiger partial charge in [0.2, 0.25) is 11.8 Å². The number of nitrogens with one attached hydrogen (secondary N) is 1. The number of nitrogens with zero attached hydrogens (tertiary/aromatic N) is 5. The molecule has 1 fully saturated rings. The zero-order valence-corrected chi connectivity index (χ0v) is 26.0. The minimum absolute atomic E-state index is 0.0820. The molecule has 5 rings (SSSR count). The standard InChI is InChI=1S/C31H36N6O5S/c1-19-18-43-26(32-19)23-13-10-14-37(23)27(38)21-15-22(33-24(16-21)40-6)25-35-36-28(41-25)31(5,17-20-11-8-7-9-12-20)34-29(39)42-30(2,3)4/h7-9,11-12,15-16,18,23H,10,13-14,17H2,1-6H3,(H,34,39)/t23-,31-/m1/s1. The maximum Gasteiger partial charge on any atom is 0.408 e. The van der Waals surface area contributed by atoms with Crippen LogP contribution in [0.4, 0.5) is 4.79 Å². The Morgan fingerprint density at radius 3 is 2.56 bits per heavy atom.